The van der Waals surface area contributed by atoms with Gasteiger partial charge in [0, 0.05) is 18.1 Å². The molecule has 0 spiro atoms. The number of rotatable bonds is 5. The van der Waals surface area contributed by atoms with E-state index in [2.05, 4.69) is 38.0 Å². The molecule has 1 N–H and O–H groups in total. The number of likely N-dealkylation sites (N-methyl/N-ethyl adjacent to an activating group) is 1. The number of hydrogen-bond donors (Lipinski definition) is 1. The topological polar surface area (TPSA) is 15.3 Å². The third-order valence-electron chi connectivity index (χ3n) is 3.47. The first-order chi connectivity index (χ1) is 6.61. The lowest BCUT2D eigenvalue weighted by Gasteiger charge is -2.38. The van der Waals surface area contributed by atoms with Crippen molar-refractivity contribution in [2.75, 3.05) is 20.1 Å². The lowest BCUT2D eigenvalue weighted by atomic mass is 9.99. The van der Waals surface area contributed by atoms with Gasteiger partial charge in [0.2, 0.25) is 0 Å². The molecule has 0 radical (unpaired) electrons. The van der Waals surface area contributed by atoms with Gasteiger partial charge < -0.3 is 5.32 Å². The van der Waals surface area contributed by atoms with Crippen LogP contribution in [0.3, 0.4) is 0 Å². The first kappa shape index (κ1) is 12.0. The summed E-state index contributed by atoms with van der Waals surface area (Å²) in [5.41, 5.74) is 0.427. The SMILES string of the molecule is CCCC(CNC)N1CCCC1(C)C. The van der Waals surface area contributed by atoms with E-state index in [4.69, 9.17) is 0 Å². The van der Waals surface area contributed by atoms with E-state index in [0.717, 1.165) is 12.6 Å². The Labute approximate surface area is 89.1 Å². The first-order valence-corrected chi connectivity index (χ1v) is 6.03. The summed E-state index contributed by atoms with van der Waals surface area (Å²) in [6, 6.07) is 0.738. The van der Waals surface area contributed by atoms with Crippen molar-refractivity contribution in [1.29, 1.82) is 0 Å². The van der Waals surface area contributed by atoms with Gasteiger partial charge in [0.25, 0.3) is 0 Å². The maximum atomic E-state index is 3.33. The molecule has 0 aromatic heterocycles. The molecule has 0 amide bonds. The zero-order valence-corrected chi connectivity index (χ0v) is 10.3. The van der Waals surface area contributed by atoms with Crippen LogP contribution in [0.15, 0.2) is 0 Å². The second-order valence-corrected chi connectivity index (χ2v) is 5.11. The number of nitrogens with zero attached hydrogens (tertiary/aromatic N) is 1. The van der Waals surface area contributed by atoms with Crippen molar-refractivity contribution in [1.82, 2.24) is 10.2 Å². The minimum absolute atomic E-state index is 0.427. The summed E-state index contributed by atoms with van der Waals surface area (Å²) < 4.78 is 0. The van der Waals surface area contributed by atoms with Crippen LogP contribution in [-0.4, -0.2) is 36.6 Å². The van der Waals surface area contributed by atoms with Crippen molar-refractivity contribution in [3.8, 4) is 0 Å². The molecule has 0 aliphatic carbocycles. The molecule has 1 unspecified atom stereocenters. The molecule has 1 saturated heterocycles. The van der Waals surface area contributed by atoms with Crippen molar-refractivity contribution >= 4 is 0 Å². The Morgan fingerprint density at radius 2 is 2.14 bits per heavy atom. The predicted octanol–water partition coefficient (Wildman–Crippen LogP) is 2.25. The van der Waals surface area contributed by atoms with Crippen LogP contribution >= 0.6 is 0 Å². The highest BCUT2D eigenvalue weighted by Gasteiger charge is 2.35. The van der Waals surface area contributed by atoms with Crippen LogP contribution in [0, 0.1) is 0 Å². The molecule has 1 aliphatic rings. The van der Waals surface area contributed by atoms with Gasteiger partial charge in [-0.3, -0.25) is 4.90 Å². The minimum atomic E-state index is 0.427. The van der Waals surface area contributed by atoms with Crippen LogP contribution in [-0.2, 0) is 0 Å². The van der Waals surface area contributed by atoms with Crippen LogP contribution in [0.4, 0.5) is 0 Å². The Morgan fingerprint density at radius 3 is 2.57 bits per heavy atom. The maximum Gasteiger partial charge on any atom is 0.0225 e. The van der Waals surface area contributed by atoms with E-state index in [-0.39, 0.29) is 0 Å². The summed E-state index contributed by atoms with van der Waals surface area (Å²) in [5.74, 6) is 0. The third-order valence-corrected chi connectivity index (χ3v) is 3.47. The lowest BCUT2D eigenvalue weighted by molar-refractivity contribution is 0.108. The highest BCUT2D eigenvalue weighted by atomic mass is 15.2. The highest BCUT2D eigenvalue weighted by Crippen LogP contribution is 2.31. The van der Waals surface area contributed by atoms with Gasteiger partial charge in [-0.25, -0.2) is 0 Å². The molecular formula is C12H26N2. The normalized spacial score (nSPS) is 24.0. The molecule has 84 valence electrons. The molecule has 0 aromatic rings. The summed E-state index contributed by atoms with van der Waals surface area (Å²) in [6.45, 7) is 9.49. The Kier molecular flexibility index (Phi) is 4.39. The van der Waals surface area contributed by atoms with Crippen LogP contribution < -0.4 is 5.32 Å². The van der Waals surface area contributed by atoms with Gasteiger partial charge in [-0.1, -0.05) is 13.3 Å². The van der Waals surface area contributed by atoms with Crippen molar-refractivity contribution in [3.63, 3.8) is 0 Å². The molecule has 2 heteroatoms. The second kappa shape index (κ2) is 5.13. The largest absolute Gasteiger partial charge is 0.318 e. The second-order valence-electron chi connectivity index (χ2n) is 5.11. The van der Waals surface area contributed by atoms with Crippen molar-refractivity contribution < 1.29 is 0 Å². The predicted molar refractivity (Wildman–Crippen MR) is 62.6 cm³/mol. The minimum Gasteiger partial charge on any atom is -0.318 e. The summed E-state index contributed by atoms with van der Waals surface area (Å²) in [5, 5.41) is 3.33. The van der Waals surface area contributed by atoms with Crippen molar-refractivity contribution in [3.05, 3.63) is 0 Å². The Hall–Kier alpha value is -0.0800. The standard InChI is InChI=1S/C12H26N2/c1-5-7-11(10-13-4)14-9-6-8-12(14,2)3/h11,13H,5-10H2,1-4H3. The molecule has 14 heavy (non-hydrogen) atoms. The Balaban J connectivity index is 2.57. The molecule has 1 fully saturated rings. The molecule has 1 rings (SSSR count). The van der Waals surface area contributed by atoms with Gasteiger partial charge in [-0.05, 0) is 46.7 Å². The van der Waals surface area contributed by atoms with E-state index in [1.54, 1.807) is 0 Å². The zero-order chi connectivity index (χ0) is 10.6. The van der Waals surface area contributed by atoms with E-state index in [0.29, 0.717) is 5.54 Å². The van der Waals surface area contributed by atoms with E-state index < -0.39 is 0 Å². The van der Waals surface area contributed by atoms with Gasteiger partial charge in [-0.2, -0.15) is 0 Å². The fourth-order valence-electron chi connectivity index (χ4n) is 2.74. The Bertz CT molecular complexity index is 160. The fraction of sp³-hybridized carbons (Fsp3) is 1.00. The Morgan fingerprint density at radius 1 is 1.43 bits per heavy atom. The van der Waals surface area contributed by atoms with Crippen molar-refractivity contribution in [2.24, 2.45) is 0 Å². The van der Waals surface area contributed by atoms with Gasteiger partial charge >= 0.3 is 0 Å². The van der Waals surface area contributed by atoms with Crippen LogP contribution in [0.2, 0.25) is 0 Å². The molecule has 0 saturated carbocycles. The molecule has 0 bridgehead atoms. The zero-order valence-electron chi connectivity index (χ0n) is 10.3. The summed E-state index contributed by atoms with van der Waals surface area (Å²) in [6.07, 6.45) is 5.34. The summed E-state index contributed by atoms with van der Waals surface area (Å²) in [7, 11) is 2.06. The highest BCUT2D eigenvalue weighted by molar-refractivity contribution is 4.92. The number of hydrogen-bond acceptors (Lipinski definition) is 2. The van der Waals surface area contributed by atoms with Gasteiger partial charge in [0.1, 0.15) is 0 Å². The van der Waals surface area contributed by atoms with E-state index in [1.807, 2.05) is 0 Å². The van der Waals surface area contributed by atoms with Gasteiger partial charge in [-0.15, -0.1) is 0 Å². The summed E-state index contributed by atoms with van der Waals surface area (Å²) >= 11 is 0. The van der Waals surface area contributed by atoms with E-state index in [9.17, 15) is 0 Å². The monoisotopic (exact) mass is 198 g/mol. The van der Waals surface area contributed by atoms with Crippen LogP contribution in [0.5, 0.6) is 0 Å². The van der Waals surface area contributed by atoms with Gasteiger partial charge in [0.15, 0.2) is 0 Å². The molecular weight excluding hydrogens is 172 g/mol. The number of likely N-dealkylation sites (tertiary alicyclic amines) is 1. The fourth-order valence-corrected chi connectivity index (χ4v) is 2.74. The number of nitrogens with one attached hydrogen (secondary N) is 1. The molecule has 1 aliphatic heterocycles. The average molecular weight is 198 g/mol. The third kappa shape index (κ3) is 2.71. The van der Waals surface area contributed by atoms with E-state index >= 15 is 0 Å². The van der Waals surface area contributed by atoms with E-state index in [1.165, 1.54) is 32.2 Å². The van der Waals surface area contributed by atoms with Crippen LogP contribution in [0.1, 0.15) is 46.5 Å². The molecule has 1 atom stereocenters. The quantitative estimate of drug-likeness (QED) is 0.729. The average Bonchev–Trinajstić information content (AvgIpc) is 2.45. The maximum absolute atomic E-state index is 3.33. The summed E-state index contributed by atoms with van der Waals surface area (Å²) in [4.78, 5) is 2.70. The van der Waals surface area contributed by atoms with Crippen molar-refractivity contribution in [2.45, 2.75) is 58.0 Å². The van der Waals surface area contributed by atoms with Crippen LogP contribution in [0.25, 0.3) is 0 Å². The molecule has 2 nitrogen and oxygen atoms in total. The molecule has 1 heterocycles. The first-order valence-electron chi connectivity index (χ1n) is 6.03. The van der Waals surface area contributed by atoms with Gasteiger partial charge in [0.05, 0.1) is 0 Å². The lowest BCUT2D eigenvalue weighted by Crippen LogP contribution is -2.49. The smallest absolute Gasteiger partial charge is 0.0225 e. The molecule has 0 aromatic carbocycles.